The first-order chi connectivity index (χ1) is 11.4. The Labute approximate surface area is 143 Å². The van der Waals surface area contributed by atoms with Gasteiger partial charge in [-0.25, -0.2) is 0 Å². The third-order valence-corrected chi connectivity index (χ3v) is 4.30. The summed E-state index contributed by atoms with van der Waals surface area (Å²) in [5.74, 6) is 0. The second kappa shape index (κ2) is 8.07. The molecule has 4 nitrogen and oxygen atoms in total. The number of aliphatic hydroxyl groups is 1. The standard InChI is InChI=1S/C20H25N3O/c1-20(2,17-10-8-16(13-21)9-11-17)23-14-19(24)18(22)12-15-6-4-3-5-7-15/h3-11,18-19,23-24H,12,14,22H2,1-2H3/t18-,19+/m0/s1. The Bertz CT molecular complexity index is 674. The van der Waals surface area contributed by atoms with Gasteiger partial charge in [0.05, 0.1) is 17.7 Å². The molecule has 0 fully saturated rings. The number of hydrogen-bond acceptors (Lipinski definition) is 4. The zero-order valence-electron chi connectivity index (χ0n) is 14.2. The molecule has 0 saturated heterocycles. The van der Waals surface area contributed by atoms with Crippen LogP contribution in [0.25, 0.3) is 0 Å². The van der Waals surface area contributed by atoms with Crippen molar-refractivity contribution in [2.45, 2.75) is 38.0 Å². The molecule has 0 amide bonds. The van der Waals surface area contributed by atoms with Crippen molar-refractivity contribution in [1.82, 2.24) is 5.32 Å². The van der Waals surface area contributed by atoms with E-state index in [1.165, 1.54) is 0 Å². The van der Waals surface area contributed by atoms with E-state index in [0.717, 1.165) is 11.1 Å². The fourth-order valence-corrected chi connectivity index (χ4v) is 2.60. The van der Waals surface area contributed by atoms with E-state index >= 15 is 0 Å². The molecule has 0 heterocycles. The minimum absolute atomic E-state index is 0.318. The number of benzene rings is 2. The van der Waals surface area contributed by atoms with Gasteiger partial charge < -0.3 is 16.2 Å². The van der Waals surface area contributed by atoms with Gasteiger partial charge in [0, 0.05) is 18.1 Å². The minimum atomic E-state index is -0.636. The van der Waals surface area contributed by atoms with E-state index in [4.69, 9.17) is 11.0 Å². The Hall–Kier alpha value is -2.19. The lowest BCUT2D eigenvalue weighted by Crippen LogP contribution is -2.48. The number of nitrogens with two attached hydrogens (primary N) is 1. The maximum Gasteiger partial charge on any atom is 0.0991 e. The van der Waals surface area contributed by atoms with Crippen LogP contribution in [0.1, 0.15) is 30.5 Å². The highest BCUT2D eigenvalue weighted by molar-refractivity contribution is 5.34. The summed E-state index contributed by atoms with van der Waals surface area (Å²) in [6.07, 6.45) is 0.00362. The van der Waals surface area contributed by atoms with Crippen molar-refractivity contribution >= 4 is 0 Å². The van der Waals surface area contributed by atoms with E-state index < -0.39 is 6.10 Å². The third-order valence-electron chi connectivity index (χ3n) is 4.30. The molecule has 0 aliphatic heterocycles. The molecule has 2 aromatic carbocycles. The fourth-order valence-electron chi connectivity index (χ4n) is 2.60. The quantitative estimate of drug-likeness (QED) is 0.730. The predicted octanol–water partition coefficient (Wildman–Crippen LogP) is 2.31. The first kappa shape index (κ1) is 18.2. The molecule has 0 unspecified atom stereocenters. The maximum atomic E-state index is 10.3. The Morgan fingerprint density at radius 3 is 2.33 bits per heavy atom. The fraction of sp³-hybridized carbons (Fsp3) is 0.350. The number of nitriles is 1. The van der Waals surface area contributed by atoms with Gasteiger partial charge in [-0.1, -0.05) is 42.5 Å². The molecule has 4 N–H and O–H groups in total. The van der Waals surface area contributed by atoms with Crippen LogP contribution in [0, 0.1) is 11.3 Å². The zero-order chi connectivity index (χ0) is 17.6. The molecule has 0 aliphatic rings. The largest absolute Gasteiger partial charge is 0.390 e. The topological polar surface area (TPSA) is 82.1 Å². The third kappa shape index (κ3) is 4.90. The van der Waals surface area contributed by atoms with Crippen molar-refractivity contribution in [3.05, 3.63) is 71.3 Å². The van der Waals surface area contributed by atoms with E-state index in [9.17, 15) is 5.11 Å². The Kier molecular flexibility index (Phi) is 6.10. The first-order valence-corrected chi connectivity index (χ1v) is 8.15. The smallest absolute Gasteiger partial charge is 0.0991 e. The highest BCUT2D eigenvalue weighted by Crippen LogP contribution is 2.20. The zero-order valence-corrected chi connectivity index (χ0v) is 14.2. The molecule has 4 heteroatoms. The molecule has 2 aromatic rings. The summed E-state index contributed by atoms with van der Waals surface area (Å²) in [6, 6.07) is 19.2. The van der Waals surface area contributed by atoms with Gasteiger partial charge in [0.15, 0.2) is 0 Å². The molecule has 0 bridgehead atoms. The van der Waals surface area contributed by atoms with Crippen molar-refractivity contribution in [3.8, 4) is 6.07 Å². The van der Waals surface area contributed by atoms with Crippen LogP contribution in [0.15, 0.2) is 54.6 Å². The predicted molar refractivity (Wildman–Crippen MR) is 96.3 cm³/mol. The van der Waals surface area contributed by atoms with Crippen LogP contribution in [0.5, 0.6) is 0 Å². The van der Waals surface area contributed by atoms with Gasteiger partial charge in [0.1, 0.15) is 0 Å². The normalized spacial score (nSPS) is 14.0. The average Bonchev–Trinajstić information content (AvgIpc) is 2.60. The summed E-state index contributed by atoms with van der Waals surface area (Å²) >= 11 is 0. The Balaban J connectivity index is 1.91. The highest BCUT2D eigenvalue weighted by Gasteiger charge is 2.23. The van der Waals surface area contributed by atoms with Gasteiger partial charge in [0.2, 0.25) is 0 Å². The lowest BCUT2D eigenvalue weighted by molar-refractivity contribution is 0.131. The van der Waals surface area contributed by atoms with Crippen molar-refractivity contribution in [2.24, 2.45) is 5.73 Å². The molecule has 24 heavy (non-hydrogen) atoms. The van der Waals surface area contributed by atoms with Gasteiger partial charge in [-0.3, -0.25) is 0 Å². The molecule has 0 saturated carbocycles. The number of hydrogen-bond donors (Lipinski definition) is 3. The van der Waals surface area contributed by atoms with Crippen LogP contribution in [0.2, 0.25) is 0 Å². The summed E-state index contributed by atoms with van der Waals surface area (Å²) in [5, 5.41) is 22.6. The van der Waals surface area contributed by atoms with Crippen LogP contribution in [-0.2, 0) is 12.0 Å². The Morgan fingerprint density at radius 2 is 1.75 bits per heavy atom. The van der Waals surface area contributed by atoms with E-state index in [2.05, 4.69) is 11.4 Å². The molecular weight excluding hydrogens is 298 g/mol. The Morgan fingerprint density at radius 1 is 1.12 bits per heavy atom. The molecule has 2 atom stereocenters. The molecular formula is C20H25N3O. The monoisotopic (exact) mass is 323 g/mol. The van der Waals surface area contributed by atoms with Crippen molar-refractivity contribution < 1.29 is 5.11 Å². The van der Waals surface area contributed by atoms with Crippen LogP contribution in [-0.4, -0.2) is 23.8 Å². The van der Waals surface area contributed by atoms with Gasteiger partial charge in [-0.05, 0) is 43.5 Å². The molecule has 0 aromatic heterocycles. The van der Waals surface area contributed by atoms with Gasteiger partial charge in [-0.2, -0.15) is 5.26 Å². The number of nitrogens with zero attached hydrogens (tertiary/aromatic N) is 1. The summed E-state index contributed by atoms with van der Waals surface area (Å²) in [6.45, 7) is 4.49. The first-order valence-electron chi connectivity index (χ1n) is 8.15. The van der Waals surface area contributed by atoms with E-state index in [1.807, 2.05) is 56.3 Å². The second-order valence-electron chi connectivity index (χ2n) is 6.62. The lowest BCUT2D eigenvalue weighted by atomic mass is 9.92. The van der Waals surface area contributed by atoms with Gasteiger partial charge in [0.25, 0.3) is 0 Å². The van der Waals surface area contributed by atoms with E-state index in [-0.39, 0.29) is 11.6 Å². The summed E-state index contributed by atoms with van der Waals surface area (Å²) in [7, 11) is 0. The summed E-state index contributed by atoms with van der Waals surface area (Å²) < 4.78 is 0. The van der Waals surface area contributed by atoms with Gasteiger partial charge >= 0.3 is 0 Å². The SMILES string of the molecule is CC(C)(NC[C@@H](O)[C@@H](N)Cc1ccccc1)c1ccc(C#N)cc1. The lowest BCUT2D eigenvalue weighted by Gasteiger charge is -2.30. The molecule has 0 aliphatic carbocycles. The molecule has 0 spiro atoms. The minimum Gasteiger partial charge on any atom is -0.390 e. The van der Waals surface area contributed by atoms with Crippen LogP contribution in [0.4, 0.5) is 0 Å². The van der Waals surface area contributed by atoms with E-state index in [1.54, 1.807) is 12.1 Å². The van der Waals surface area contributed by atoms with Crippen molar-refractivity contribution in [3.63, 3.8) is 0 Å². The van der Waals surface area contributed by atoms with Gasteiger partial charge in [-0.15, -0.1) is 0 Å². The van der Waals surface area contributed by atoms with Crippen LogP contribution >= 0.6 is 0 Å². The van der Waals surface area contributed by atoms with Crippen LogP contribution in [0.3, 0.4) is 0 Å². The summed E-state index contributed by atoms with van der Waals surface area (Å²) in [4.78, 5) is 0. The highest BCUT2D eigenvalue weighted by atomic mass is 16.3. The van der Waals surface area contributed by atoms with Crippen molar-refractivity contribution in [1.29, 1.82) is 5.26 Å². The van der Waals surface area contributed by atoms with Crippen LogP contribution < -0.4 is 11.1 Å². The van der Waals surface area contributed by atoms with Crippen molar-refractivity contribution in [2.75, 3.05) is 6.54 Å². The number of rotatable bonds is 7. The molecule has 126 valence electrons. The second-order valence-corrected chi connectivity index (χ2v) is 6.62. The number of aliphatic hydroxyl groups excluding tert-OH is 1. The molecule has 0 radical (unpaired) electrons. The van der Waals surface area contributed by atoms with E-state index in [0.29, 0.717) is 18.5 Å². The average molecular weight is 323 g/mol. The maximum absolute atomic E-state index is 10.3. The summed E-state index contributed by atoms with van der Waals surface area (Å²) in [5.41, 5.74) is 8.63. The molecule has 2 rings (SSSR count). The number of nitrogens with one attached hydrogen (secondary N) is 1.